The highest BCUT2D eigenvalue weighted by atomic mass is 19.1. The molecule has 0 atom stereocenters. The number of ether oxygens (including phenoxy) is 1. The van der Waals surface area contributed by atoms with Crippen molar-refractivity contribution in [3.05, 3.63) is 54.1 Å². The average molecular weight is 298 g/mol. The minimum atomic E-state index is -0.351. The van der Waals surface area contributed by atoms with Crippen LogP contribution in [0.4, 0.5) is 15.9 Å². The molecule has 0 fully saturated rings. The quantitative estimate of drug-likeness (QED) is 0.661. The predicted molar refractivity (Wildman–Crippen MR) is 81.7 cm³/mol. The van der Waals surface area contributed by atoms with E-state index in [2.05, 4.69) is 15.2 Å². The molecule has 2 aromatic heterocycles. The van der Waals surface area contributed by atoms with Crippen LogP contribution in [0.5, 0.6) is 5.75 Å². The molecule has 5 nitrogen and oxygen atoms in total. The van der Waals surface area contributed by atoms with Crippen LogP contribution in [0.2, 0.25) is 0 Å². The van der Waals surface area contributed by atoms with E-state index in [0.717, 1.165) is 0 Å². The van der Waals surface area contributed by atoms with Crippen molar-refractivity contribution in [2.45, 2.75) is 13.8 Å². The Labute approximate surface area is 127 Å². The minimum absolute atomic E-state index is 0.351. The normalized spacial score (nSPS) is 11.4. The molecule has 0 saturated carbocycles. The Balaban J connectivity index is 2.03. The van der Waals surface area contributed by atoms with Crippen molar-refractivity contribution in [2.24, 2.45) is 10.2 Å². The van der Waals surface area contributed by atoms with E-state index in [4.69, 9.17) is 4.74 Å². The van der Waals surface area contributed by atoms with Gasteiger partial charge in [0.1, 0.15) is 22.9 Å². The van der Waals surface area contributed by atoms with E-state index in [1.165, 1.54) is 12.3 Å². The molecule has 0 bridgehead atoms. The van der Waals surface area contributed by atoms with Gasteiger partial charge in [-0.1, -0.05) is 12.1 Å². The van der Waals surface area contributed by atoms with E-state index in [0.29, 0.717) is 35.2 Å². The van der Waals surface area contributed by atoms with Crippen molar-refractivity contribution in [3.63, 3.8) is 0 Å². The number of hydrogen-bond acceptors (Lipinski definition) is 4. The highest BCUT2D eigenvalue weighted by molar-refractivity contribution is 5.54. The van der Waals surface area contributed by atoms with Crippen LogP contribution >= 0.6 is 0 Å². The zero-order chi connectivity index (χ0) is 15.5. The van der Waals surface area contributed by atoms with Crippen LogP contribution in [0.3, 0.4) is 0 Å². The number of pyridine rings is 1. The molecule has 3 rings (SSSR count). The molecule has 0 aliphatic heterocycles. The summed E-state index contributed by atoms with van der Waals surface area (Å²) in [6.45, 7) is 4.27. The molecule has 0 aliphatic carbocycles. The number of aromatic nitrogens is 2. The zero-order valence-corrected chi connectivity index (χ0v) is 12.3. The maximum absolute atomic E-state index is 13.4. The number of para-hydroxylation sites is 1. The van der Waals surface area contributed by atoms with Gasteiger partial charge in [0.05, 0.1) is 12.3 Å². The summed E-state index contributed by atoms with van der Waals surface area (Å²) in [4.78, 5) is 4.34. The first kappa shape index (κ1) is 14.2. The number of nitrogens with zero attached hydrogens (tertiary/aromatic N) is 4. The Morgan fingerprint density at radius 2 is 2.00 bits per heavy atom. The Kier molecular flexibility index (Phi) is 3.82. The van der Waals surface area contributed by atoms with Crippen molar-refractivity contribution in [1.82, 2.24) is 9.38 Å². The van der Waals surface area contributed by atoms with Gasteiger partial charge in [0.25, 0.3) is 0 Å². The fourth-order valence-electron chi connectivity index (χ4n) is 2.16. The minimum Gasteiger partial charge on any atom is -0.492 e. The molecule has 0 amide bonds. The molecule has 0 aliphatic rings. The van der Waals surface area contributed by atoms with Crippen molar-refractivity contribution >= 4 is 17.2 Å². The first-order chi connectivity index (χ1) is 10.7. The molecule has 0 saturated heterocycles. The van der Waals surface area contributed by atoms with Crippen molar-refractivity contribution in [2.75, 3.05) is 6.61 Å². The van der Waals surface area contributed by atoms with Crippen LogP contribution in [0.1, 0.15) is 12.6 Å². The summed E-state index contributed by atoms with van der Waals surface area (Å²) < 4.78 is 20.5. The molecule has 112 valence electrons. The van der Waals surface area contributed by atoms with Crippen LogP contribution in [-0.2, 0) is 0 Å². The third-order valence-electron chi connectivity index (χ3n) is 3.14. The van der Waals surface area contributed by atoms with Gasteiger partial charge < -0.3 is 4.74 Å². The van der Waals surface area contributed by atoms with E-state index in [9.17, 15) is 4.39 Å². The number of halogens is 1. The largest absolute Gasteiger partial charge is 0.492 e. The monoisotopic (exact) mass is 298 g/mol. The van der Waals surface area contributed by atoms with E-state index >= 15 is 0 Å². The standard InChI is InChI=1S/C16H15FN4O/c1-3-22-14-7-5-4-6-13(14)19-20-16-11(2)18-15-9-8-12(17)10-21(15)16/h4-10H,3H2,1-2H3. The molecule has 0 N–H and O–H groups in total. The molecule has 2 heterocycles. The van der Waals surface area contributed by atoms with Gasteiger partial charge in [-0.2, -0.15) is 0 Å². The molecule has 1 aromatic carbocycles. The molecular weight excluding hydrogens is 283 g/mol. The Morgan fingerprint density at radius 3 is 2.82 bits per heavy atom. The predicted octanol–water partition coefficient (Wildman–Crippen LogP) is 4.60. The number of hydrogen-bond donors (Lipinski definition) is 0. The van der Waals surface area contributed by atoms with E-state index in [1.54, 1.807) is 10.5 Å². The Morgan fingerprint density at radius 1 is 1.18 bits per heavy atom. The van der Waals surface area contributed by atoms with Crippen molar-refractivity contribution in [3.8, 4) is 5.75 Å². The summed E-state index contributed by atoms with van der Waals surface area (Å²) in [5.74, 6) is 0.809. The third kappa shape index (κ3) is 2.67. The summed E-state index contributed by atoms with van der Waals surface area (Å²) in [6, 6.07) is 10.4. The molecule has 6 heteroatoms. The lowest BCUT2D eigenvalue weighted by atomic mass is 10.3. The molecule has 0 radical (unpaired) electrons. The average Bonchev–Trinajstić information content (AvgIpc) is 2.82. The molecule has 0 spiro atoms. The topological polar surface area (TPSA) is 51.2 Å². The lowest BCUT2D eigenvalue weighted by molar-refractivity contribution is 0.341. The van der Waals surface area contributed by atoms with Crippen LogP contribution in [-0.4, -0.2) is 16.0 Å². The Hall–Kier alpha value is -2.76. The zero-order valence-electron chi connectivity index (χ0n) is 12.3. The number of azo groups is 1. The molecular formula is C16H15FN4O. The summed E-state index contributed by atoms with van der Waals surface area (Å²) in [5, 5.41) is 8.45. The summed E-state index contributed by atoms with van der Waals surface area (Å²) in [7, 11) is 0. The lowest BCUT2D eigenvalue weighted by Gasteiger charge is -2.04. The fraction of sp³-hybridized carbons (Fsp3) is 0.188. The van der Waals surface area contributed by atoms with Gasteiger partial charge in [0.2, 0.25) is 0 Å². The van der Waals surface area contributed by atoms with E-state index < -0.39 is 0 Å². The lowest BCUT2D eigenvalue weighted by Crippen LogP contribution is -1.90. The Bertz CT molecular complexity index is 841. The van der Waals surface area contributed by atoms with Gasteiger partial charge in [-0.3, -0.25) is 4.40 Å². The van der Waals surface area contributed by atoms with Crippen LogP contribution < -0.4 is 4.74 Å². The third-order valence-corrected chi connectivity index (χ3v) is 3.14. The smallest absolute Gasteiger partial charge is 0.182 e. The maximum atomic E-state index is 13.4. The second-order valence-corrected chi connectivity index (χ2v) is 4.70. The molecule has 22 heavy (non-hydrogen) atoms. The fourth-order valence-corrected chi connectivity index (χ4v) is 2.16. The second kappa shape index (κ2) is 5.93. The summed E-state index contributed by atoms with van der Waals surface area (Å²) in [5.41, 5.74) is 1.93. The van der Waals surface area contributed by atoms with Gasteiger partial charge >= 0.3 is 0 Å². The van der Waals surface area contributed by atoms with Crippen molar-refractivity contribution < 1.29 is 9.13 Å². The second-order valence-electron chi connectivity index (χ2n) is 4.70. The van der Waals surface area contributed by atoms with Gasteiger partial charge in [-0.25, -0.2) is 9.37 Å². The number of benzene rings is 1. The van der Waals surface area contributed by atoms with Gasteiger partial charge in [-0.05, 0) is 38.1 Å². The van der Waals surface area contributed by atoms with E-state index in [-0.39, 0.29) is 5.82 Å². The summed E-state index contributed by atoms with van der Waals surface area (Å²) >= 11 is 0. The number of aryl methyl sites for hydroxylation is 1. The van der Waals surface area contributed by atoms with Crippen molar-refractivity contribution in [1.29, 1.82) is 0 Å². The molecule has 0 unspecified atom stereocenters. The first-order valence-electron chi connectivity index (χ1n) is 6.97. The van der Waals surface area contributed by atoms with Gasteiger partial charge in [-0.15, -0.1) is 10.2 Å². The highest BCUT2D eigenvalue weighted by Gasteiger charge is 2.09. The first-order valence-corrected chi connectivity index (χ1v) is 6.97. The van der Waals surface area contributed by atoms with Crippen LogP contribution in [0, 0.1) is 12.7 Å². The van der Waals surface area contributed by atoms with Gasteiger partial charge in [0.15, 0.2) is 5.82 Å². The number of imidazole rings is 1. The summed E-state index contributed by atoms with van der Waals surface area (Å²) in [6.07, 6.45) is 1.35. The molecule has 3 aromatic rings. The van der Waals surface area contributed by atoms with Gasteiger partial charge in [0, 0.05) is 6.20 Å². The van der Waals surface area contributed by atoms with Crippen LogP contribution in [0.25, 0.3) is 5.65 Å². The number of rotatable bonds is 4. The highest BCUT2D eigenvalue weighted by Crippen LogP contribution is 2.30. The van der Waals surface area contributed by atoms with Crippen LogP contribution in [0.15, 0.2) is 52.8 Å². The maximum Gasteiger partial charge on any atom is 0.182 e. The van der Waals surface area contributed by atoms with E-state index in [1.807, 2.05) is 38.1 Å². The SMILES string of the molecule is CCOc1ccccc1N=Nc1c(C)nc2ccc(F)cn12. The number of fused-ring (bicyclic) bond motifs is 1.